The van der Waals surface area contributed by atoms with Crippen molar-refractivity contribution in [2.75, 3.05) is 0 Å². The largest absolute Gasteiger partial charge is 0.345 e. The van der Waals surface area contributed by atoms with Gasteiger partial charge in [-0.3, -0.25) is 14.2 Å². The van der Waals surface area contributed by atoms with E-state index in [1.165, 1.54) is 6.07 Å². The summed E-state index contributed by atoms with van der Waals surface area (Å²) >= 11 is 1.57. The van der Waals surface area contributed by atoms with Crippen molar-refractivity contribution in [3.05, 3.63) is 67.0 Å². The standard InChI is InChI=1S/C17H17N3O3S/c1-3-20-16(22)12-7-6-11(9-13(12)19-17(20)23)15(21)18-10(2)14-5-4-8-24-14/h4-10H,3H2,1-2H3,(H,18,21)(H,19,23)/t10-/m0/s1. The van der Waals surface area contributed by atoms with Crippen LogP contribution in [0.4, 0.5) is 0 Å². The van der Waals surface area contributed by atoms with E-state index in [1.807, 2.05) is 24.4 Å². The molecule has 6 nitrogen and oxygen atoms in total. The second kappa shape index (κ2) is 6.45. The van der Waals surface area contributed by atoms with Crippen molar-refractivity contribution < 1.29 is 4.79 Å². The second-order valence-corrected chi connectivity index (χ2v) is 6.43. The molecule has 0 saturated heterocycles. The van der Waals surface area contributed by atoms with E-state index in [4.69, 9.17) is 0 Å². The van der Waals surface area contributed by atoms with Crippen LogP contribution in [0.1, 0.15) is 35.1 Å². The minimum atomic E-state index is -0.473. The number of nitrogens with one attached hydrogen (secondary N) is 2. The molecule has 2 heterocycles. The van der Waals surface area contributed by atoms with Crippen molar-refractivity contribution in [1.82, 2.24) is 14.9 Å². The zero-order valence-corrected chi connectivity index (χ0v) is 14.1. The first kappa shape index (κ1) is 16.2. The average molecular weight is 343 g/mol. The van der Waals surface area contributed by atoms with Crippen LogP contribution >= 0.6 is 11.3 Å². The maximum absolute atomic E-state index is 12.4. The Bertz CT molecular complexity index is 1000. The number of rotatable bonds is 4. The molecular formula is C17H17N3O3S. The highest BCUT2D eigenvalue weighted by atomic mass is 32.1. The fourth-order valence-electron chi connectivity index (χ4n) is 2.57. The summed E-state index contributed by atoms with van der Waals surface area (Å²) in [6, 6.07) is 8.49. The highest BCUT2D eigenvalue weighted by Gasteiger charge is 2.14. The van der Waals surface area contributed by atoms with E-state index in [0.29, 0.717) is 23.0 Å². The summed E-state index contributed by atoms with van der Waals surface area (Å²) < 4.78 is 1.13. The molecule has 3 aromatic rings. The van der Waals surface area contributed by atoms with E-state index in [1.54, 1.807) is 30.4 Å². The van der Waals surface area contributed by atoms with E-state index in [0.717, 1.165) is 9.44 Å². The summed E-state index contributed by atoms with van der Waals surface area (Å²) in [5.74, 6) is -0.252. The molecule has 2 N–H and O–H groups in total. The van der Waals surface area contributed by atoms with Crippen molar-refractivity contribution >= 4 is 28.1 Å². The minimum Gasteiger partial charge on any atom is -0.345 e. The number of H-pyrrole nitrogens is 1. The first-order chi connectivity index (χ1) is 11.5. The van der Waals surface area contributed by atoms with Crippen LogP contribution in [0.15, 0.2) is 45.3 Å². The van der Waals surface area contributed by atoms with Gasteiger partial charge in [-0.1, -0.05) is 6.07 Å². The number of nitrogens with zero attached hydrogens (tertiary/aromatic N) is 1. The molecule has 0 saturated carbocycles. The lowest BCUT2D eigenvalue weighted by Gasteiger charge is -2.12. The van der Waals surface area contributed by atoms with Crippen LogP contribution in [0, 0.1) is 0 Å². The van der Waals surface area contributed by atoms with Gasteiger partial charge in [-0.25, -0.2) is 4.79 Å². The topological polar surface area (TPSA) is 84.0 Å². The van der Waals surface area contributed by atoms with E-state index < -0.39 is 5.69 Å². The number of benzene rings is 1. The highest BCUT2D eigenvalue weighted by molar-refractivity contribution is 7.10. The van der Waals surface area contributed by atoms with E-state index in [-0.39, 0.29) is 17.5 Å². The second-order valence-electron chi connectivity index (χ2n) is 5.45. The summed E-state index contributed by atoms with van der Waals surface area (Å²) in [6.45, 7) is 3.94. The van der Waals surface area contributed by atoms with Crippen LogP contribution in [0.2, 0.25) is 0 Å². The zero-order valence-electron chi connectivity index (χ0n) is 13.3. The fraction of sp³-hybridized carbons (Fsp3) is 0.235. The van der Waals surface area contributed by atoms with Crippen molar-refractivity contribution in [2.24, 2.45) is 0 Å². The van der Waals surface area contributed by atoms with Gasteiger partial charge in [0.2, 0.25) is 0 Å². The molecule has 3 rings (SSSR count). The summed E-state index contributed by atoms with van der Waals surface area (Å²) in [5.41, 5.74) is -0.0593. The van der Waals surface area contributed by atoms with Gasteiger partial charge in [-0.05, 0) is 43.5 Å². The van der Waals surface area contributed by atoms with Crippen LogP contribution in [-0.2, 0) is 6.54 Å². The van der Waals surface area contributed by atoms with Gasteiger partial charge < -0.3 is 10.3 Å². The van der Waals surface area contributed by atoms with E-state index in [2.05, 4.69) is 10.3 Å². The highest BCUT2D eigenvalue weighted by Crippen LogP contribution is 2.19. The molecule has 1 atom stereocenters. The predicted molar refractivity (Wildman–Crippen MR) is 94.7 cm³/mol. The third-order valence-corrected chi connectivity index (χ3v) is 4.93. The normalized spacial score (nSPS) is 12.2. The monoisotopic (exact) mass is 343 g/mol. The molecule has 7 heteroatoms. The number of aromatic amines is 1. The predicted octanol–water partition coefficient (Wildman–Crippen LogP) is 2.26. The maximum Gasteiger partial charge on any atom is 0.328 e. The Balaban J connectivity index is 1.95. The number of carbonyl (C=O) groups excluding carboxylic acids is 1. The molecule has 0 spiro atoms. The van der Waals surface area contributed by atoms with Crippen molar-refractivity contribution in [1.29, 1.82) is 0 Å². The average Bonchev–Trinajstić information content (AvgIpc) is 3.09. The molecule has 0 aliphatic rings. The number of carbonyl (C=O) groups is 1. The Morgan fingerprint density at radius 3 is 2.79 bits per heavy atom. The van der Waals surface area contributed by atoms with Gasteiger partial charge in [-0.15, -0.1) is 11.3 Å². The minimum absolute atomic E-state index is 0.111. The maximum atomic E-state index is 12.4. The molecule has 24 heavy (non-hydrogen) atoms. The molecule has 0 unspecified atom stereocenters. The van der Waals surface area contributed by atoms with Gasteiger partial charge in [0.15, 0.2) is 0 Å². The molecule has 0 fully saturated rings. The van der Waals surface area contributed by atoms with Crippen molar-refractivity contribution in [3.8, 4) is 0 Å². The molecule has 1 aromatic carbocycles. The van der Waals surface area contributed by atoms with Gasteiger partial charge in [0.25, 0.3) is 11.5 Å². The Morgan fingerprint density at radius 1 is 1.33 bits per heavy atom. The van der Waals surface area contributed by atoms with Gasteiger partial charge in [0, 0.05) is 17.0 Å². The summed E-state index contributed by atoms with van der Waals surface area (Å²) in [6.07, 6.45) is 0. The lowest BCUT2D eigenvalue weighted by Crippen LogP contribution is -2.34. The molecule has 1 amide bonds. The third kappa shape index (κ3) is 2.90. The lowest BCUT2D eigenvalue weighted by atomic mass is 10.1. The first-order valence-electron chi connectivity index (χ1n) is 7.62. The van der Waals surface area contributed by atoms with E-state index >= 15 is 0 Å². The number of fused-ring (bicyclic) bond motifs is 1. The van der Waals surface area contributed by atoms with Gasteiger partial charge >= 0.3 is 5.69 Å². The van der Waals surface area contributed by atoms with Crippen LogP contribution in [0.3, 0.4) is 0 Å². The molecule has 124 valence electrons. The third-order valence-electron chi connectivity index (χ3n) is 3.88. The van der Waals surface area contributed by atoms with Gasteiger partial charge in [-0.2, -0.15) is 0 Å². The first-order valence-corrected chi connectivity index (χ1v) is 8.50. The van der Waals surface area contributed by atoms with Crippen molar-refractivity contribution in [3.63, 3.8) is 0 Å². The quantitative estimate of drug-likeness (QED) is 0.762. The molecule has 0 aliphatic carbocycles. The summed E-state index contributed by atoms with van der Waals surface area (Å²) in [5, 5.41) is 5.26. The fourth-order valence-corrected chi connectivity index (χ4v) is 3.31. The van der Waals surface area contributed by atoms with E-state index in [9.17, 15) is 14.4 Å². The Hall–Kier alpha value is -2.67. The smallest absolute Gasteiger partial charge is 0.328 e. The van der Waals surface area contributed by atoms with Crippen LogP contribution < -0.4 is 16.6 Å². The molecule has 2 aromatic heterocycles. The van der Waals surface area contributed by atoms with Crippen LogP contribution in [0.5, 0.6) is 0 Å². The van der Waals surface area contributed by atoms with Crippen LogP contribution in [-0.4, -0.2) is 15.5 Å². The number of thiophene rings is 1. The van der Waals surface area contributed by atoms with Gasteiger partial charge in [0.05, 0.1) is 16.9 Å². The summed E-state index contributed by atoms with van der Waals surface area (Å²) in [4.78, 5) is 40.3. The lowest BCUT2D eigenvalue weighted by molar-refractivity contribution is 0.0940. The molecular weight excluding hydrogens is 326 g/mol. The molecule has 0 aliphatic heterocycles. The SMILES string of the molecule is CCn1c(=O)[nH]c2cc(C(=O)N[C@@H](C)c3cccs3)ccc2c1=O. The Labute approximate surface area is 141 Å². The zero-order chi connectivity index (χ0) is 17.3. The molecule has 0 radical (unpaired) electrons. The van der Waals surface area contributed by atoms with Crippen molar-refractivity contribution in [2.45, 2.75) is 26.4 Å². The number of hydrogen-bond acceptors (Lipinski definition) is 4. The van der Waals surface area contributed by atoms with Gasteiger partial charge in [0.1, 0.15) is 0 Å². The number of amides is 1. The molecule has 0 bridgehead atoms. The summed E-state index contributed by atoms with van der Waals surface area (Å²) in [7, 11) is 0. The number of aromatic nitrogens is 2. The Morgan fingerprint density at radius 2 is 2.12 bits per heavy atom. The number of hydrogen-bond donors (Lipinski definition) is 2. The van der Waals surface area contributed by atoms with Crippen LogP contribution in [0.25, 0.3) is 10.9 Å². The Kier molecular flexibility index (Phi) is 4.35.